The predicted molar refractivity (Wildman–Crippen MR) is 82.2 cm³/mol. The first kappa shape index (κ1) is 14.3. The first-order chi connectivity index (χ1) is 10.6. The van der Waals surface area contributed by atoms with Crippen LogP contribution in [-0.2, 0) is 6.42 Å². The van der Waals surface area contributed by atoms with Crippen molar-refractivity contribution in [3.8, 4) is 0 Å². The van der Waals surface area contributed by atoms with Gasteiger partial charge in [-0.15, -0.1) is 0 Å². The van der Waals surface area contributed by atoms with Crippen molar-refractivity contribution in [1.29, 1.82) is 0 Å². The number of rotatable bonds is 4. The second-order valence-corrected chi connectivity index (χ2v) is 5.10. The maximum absolute atomic E-state index is 12.0. The summed E-state index contributed by atoms with van der Waals surface area (Å²) in [7, 11) is 0. The van der Waals surface area contributed by atoms with Crippen LogP contribution in [0.15, 0.2) is 24.3 Å². The Labute approximate surface area is 126 Å². The number of nitrogens with one attached hydrogen (secondary N) is 2. The maximum Gasteiger partial charge on any atom is 0.279 e. The lowest BCUT2D eigenvalue weighted by atomic mass is 9.98. The number of hydrogen-bond donors (Lipinski definition) is 3. The number of non-ortho nitro benzene ring substituents is 1. The number of carbonyl (C=O) groups is 1. The molecule has 0 bridgehead atoms. The number of fused-ring (bicyclic) bond motifs is 3. The molecule has 2 aromatic carbocycles. The zero-order chi connectivity index (χ0) is 15.7. The summed E-state index contributed by atoms with van der Waals surface area (Å²) in [5.41, 5.74) is 2.16. The molecule has 1 amide bonds. The number of anilines is 1. The normalized spacial score (nSPS) is 12.8. The highest BCUT2D eigenvalue weighted by atomic mass is 16.6. The zero-order valence-electron chi connectivity index (χ0n) is 11.8. The van der Waals surface area contributed by atoms with Gasteiger partial charge >= 0.3 is 0 Å². The maximum atomic E-state index is 12.0. The first-order valence-corrected chi connectivity index (χ1v) is 6.99. The van der Waals surface area contributed by atoms with Gasteiger partial charge in [-0.05, 0) is 29.5 Å². The minimum absolute atomic E-state index is 0.0139. The van der Waals surface area contributed by atoms with E-state index in [1.165, 1.54) is 6.07 Å². The molecule has 114 valence electrons. The summed E-state index contributed by atoms with van der Waals surface area (Å²) in [4.78, 5) is 22.8. The van der Waals surface area contributed by atoms with Crippen LogP contribution < -0.4 is 10.6 Å². The fraction of sp³-hybridized carbons (Fsp3) is 0.267. The second-order valence-electron chi connectivity index (χ2n) is 5.10. The van der Waals surface area contributed by atoms with Gasteiger partial charge in [-0.3, -0.25) is 14.9 Å². The molecule has 0 spiro atoms. The Kier molecular flexibility index (Phi) is 3.64. The van der Waals surface area contributed by atoms with Gasteiger partial charge in [-0.2, -0.15) is 0 Å². The molecular formula is C15H15N3O4. The second kappa shape index (κ2) is 5.61. The fourth-order valence-corrected chi connectivity index (χ4v) is 2.78. The Morgan fingerprint density at radius 3 is 2.91 bits per heavy atom. The molecule has 3 rings (SSSR count). The lowest BCUT2D eigenvalue weighted by Gasteiger charge is -2.09. The number of carbonyl (C=O) groups excluding carboxylic acids is 1. The molecule has 0 aliphatic carbocycles. The average Bonchev–Trinajstić information content (AvgIpc) is 2.99. The minimum Gasteiger partial charge on any atom is -0.395 e. The predicted octanol–water partition coefficient (Wildman–Crippen LogP) is 1.44. The van der Waals surface area contributed by atoms with E-state index in [4.69, 9.17) is 5.11 Å². The number of aliphatic hydroxyl groups is 1. The van der Waals surface area contributed by atoms with Gasteiger partial charge in [-0.1, -0.05) is 6.07 Å². The summed E-state index contributed by atoms with van der Waals surface area (Å²) in [6.07, 6.45) is 0.805. The van der Waals surface area contributed by atoms with Gasteiger partial charge in [-0.25, -0.2) is 0 Å². The number of nitro benzene ring substituents is 1. The molecule has 0 saturated carbocycles. The van der Waals surface area contributed by atoms with Gasteiger partial charge in [0.05, 0.1) is 16.9 Å². The molecule has 0 atom stereocenters. The lowest BCUT2D eigenvalue weighted by molar-refractivity contribution is -0.383. The summed E-state index contributed by atoms with van der Waals surface area (Å²) in [5, 5.41) is 27.0. The van der Waals surface area contributed by atoms with Crippen LogP contribution in [0, 0.1) is 10.1 Å². The molecule has 0 saturated heterocycles. The number of benzene rings is 2. The topological polar surface area (TPSA) is 104 Å². The molecule has 22 heavy (non-hydrogen) atoms. The third kappa shape index (κ3) is 2.35. The summed E-state index contributed by atoms with van der Waals surface area (Å²) in [6, 6.07) is 6.47. The number of hydrogen-bond acceptors (Lipinski definition) is 5. The number of amides is 1. The van der Waals surface area contributed by atoms with Crippen LogP contribution in [0.5, 0.6) is 0 Å². The van der Waals surface area contributed by atoms with E-state index >= 15 is 0 Å². The van der Waals surface area contributed by atoms with Crippen LogP contribution >= 0.6 is 0 Å². The van der Waals surface area contributed by atoms with Gasteiger partial charge in [0, 0.05) is 30.4 Å². The fourth-order valence-electron chi connectivity index (χ4n) is 2.78. The Morgan fingerprint density at radius 2 is 2.18 bits per heavy atom. The van der Waals surface area contributed by atoms with Crippen LogP contribution in [0.2, 0.25) is 0 Å². The molecule has 7 nitrogen and oxygen atoms in total. The van der Waals surface area contributed by atoms with Crippen molar-refractivity contribution in [2.24, 2.45) is 0 Å². The molecule has 7 heteroatoms. The Balaban J connectivity index is 2.14. The molecule has 0 aromatic heterocycles. The van der Waals surface area contributed by atoms with Crippen molar-refractivity contribution >= 4 is 28.1 Å². The smallest absolute Gasteiger partial charge is 0.279 e. The quantitative estimate of drug-likeness (QED) is 0.585. The Hall–Kier alpha value is -2.67. The SMILES string of the molecule is O=C(NCCO)c1ccc2c3c(cc([N+](=O)[O-])c2c1)NCC3. The van der Waals surface area contributed by atoms with Crippen LogP contribution in [0.1, 0.15) is 15.9 Å². The average molecular weight is 301 g/mol. The van der Waals surface area contributed by atoms with E-state index in [0.29, 0.717) is 10.9 Å². The van der Waals surface area contributed by atoms with E-state index in [2.05, 4.69) is 10.6 Å². The third-order valence-electron chi connectivity index (χ3n) is 3.77. The van der Waals surface area contributed by atoms with Crippen LogP contribution in [0.4, 0.5) is 11.4 Å². The highest BCUT2D eigenvalue weighted by Crippen LogP contribution is 2.37. The molecule has 0 unspecified atom stereocenters. The summed E-state index contributed by atoms with van der Waals surface area (Å²) >= 11 is 0. The first-order valence-electron chi connectivity index (χ1n) is 6.99. The molecule has 0 radical (unpaired) electrons. The zero-order valence-corrected chi connectivity index (χ0v) is 11.8. The van der Waals surface area contributed by atoms with Crippen molar-refractivity contribution in [3.05, 3.63) is 45.5 Å². The molecule has 1 heterocycles. The van der Waals surface area contributed by atoms with Crippen molar-refractivity contribution in [2.75, 3.05) is 25.0 Å². The molecule has 1 aliphatic rings. The van der Waals surface area contributed by atoms with Crippen LogP contribution in [-0.4, -0.2) is 35.6 Å². The number of nitro groups is 1. The third-order valence-corrected chi connectivity index (χ3v) is 3.77. The molecule has 0 fully saturated rings. The van der Waals surface area contributed by atoms with Crippen LogP contribution in [0.3, 0.4) is 0 Å². The highest BCUT2D eigenvalue weighted by Gasteiger charge is 2.22. The number of aliphatic hydroxyl groups excluding tert-OH is 1. The molecule has 2 aromatic rings. The molecular weight excluding hydrogens is 286 g/mol. The van der Waals surface area contributed by atoms with Gasteiger partial charge in [0.2, 0.25) is 0 Å². The van der Waals surface area contributed by atoms with Crippen molar-refractivity contribution < 1.29 is 14.8 Å². The van der Waals surface area contributed by atoms with Gasteiger partial charge in [0.15, 0.2) is 0 Å². The van der Waals surface area contributed by atoms with Crippen molar-refractivity contribution in [1.82, 2.24) is 5.32 Å². The monoisotopic (exact) mass is 301 g/mol. The van der Waals surface area contributed by atoms with Crippen LogP contribution in [0.25, 0.3) is 10.8 Å². The summed E-state index contributed by atoms with van der Waals surface area (Å²) in [6.45, 7) is 0.746. The Bertz CT molecular complexity index is 773. The Morgan fingerprint density at radius 1 is 1.36 bits per heavy atom. The number of nitrogens with zero attached hydrogens (tertiary/aromatic N) is 1. The van der Waals surface area contributed by atoms with Gasteiger partial charge in [0.1, 0.15) is 0 Å². The van der Waals surface area contributed by atoms with Crippen molar-refractivity contribution in [3.63, 3.8) is 0 Å². The molecule has 3 N–H and O–H groups in total. The van der Waals surface area contributed by atoms with E-state index in [9.17, 15) is 14.9 Å². The minimum atomic E-state index is -0.433. The standard InChI is InChI=1S/C15H15N3O4/c19-6-5-17-15(20)9-1-2-10-11-3-4-16-13(11)8-14(18(21)22)12(10)7-9/h1-2,7-8,16,19H,3-6H2,(H,17,20). The van der Waals surface area contributed by atoms with E-state index in [1.807, 2.05) is 0 Å². The lowest BCUT2D eigenvalue weighted by Crippen LogP contribution is -2.26. The summed E-state index contributed by atoms with van der Waals surface area (Å²) < 4.78 is 0. The van der Waals surface area contributed by atoms with E-state index in [0.717, 1.165) is 29.6 Å². The van der Waals surface area contributed by atoms with E-state index in [-0.39, 0.29) is 24.7 Å². The largest absolute Gasteiger partial charge is 0.395 e. The van der Waals surface area contributed by atoms with Gasteiger partial charge < -0.3 is 15.7 Å². The van der Waals surface area contributed by atoms with Gasteiger partial charge in [0.25, 0.3) is 11.6 Å². The molecule has 1 aliphatic heterocycles. The highest BCUT2D eigenvalue weighted by molar-refractivity contribution is 6.04. The van der Waals surface area contributed by atoms with E-state index < -0.39 is 4.92 Å². The van der Waals surface area contributed by atoms with Crippen molar-refractivity contribution in [2.45, 2.75) is 6.42 Å². The summed E-state index contributed by atoms with van der Waals surface area (Å²) in [5.74, 6) is -0.358. The van der Waals surface area contributed by atoms with E-state index in [1.54, 1.807) is 18.2 Å².